The monoisotopic (exact) mass is 286 g/mol. The van der Waals surface area contributed by atoms with E-state index >= 15 is 0 Å². The smallest absolute Gasteiger partial charge is 0.267 e. The molecule has 1 aliphatic carbocycles. The number of hydrogen-bond acceptors (Lipinski definition) is 5. The summed E-state index contributed by atoms with van der Waals surface area (Å²) in [6.07, 6.45) is 2.84. The lowest BCUT2D eigenvalue weighted by atomic mass is 10.1. The summed E-state index contributed by atoms with van der Waals surface area (Å²) >= 11 is 1.28. The van der Waals surface area contributed by atoms with Gasteiger partial charge >= 0.3 is 0 Å². The zero-order chi connectivity index (χ0) is 14.1. The molecule has 0 atom stereocenters. The van der Waals surface area contributed by atoms with Gasteiger partial charge in [0, 0.05) is 11.0 Å². The van der Waals surface area contributed by atoms with Crippen molar-refractivity contribution in [3.05, 3.63) is 47.1 Å². The standard InChI is InChI=1S/C14H10N2O3S/c1-19-12-7-8(6-11(17)13(12)18)20-14-15-9-4-2-3-5-10(9)16-14/h2-7H,1H3,(H,15,16). The fourth-order valence-electron chi connectivity index (χ4n) is 1.85. The van der Waals surface area contributed by atoms with Crippen molar-refractivity contribution in [2.45, 2.75) is 5.16 Å². The molecule has 0 aliphatic heterocycles. The molecular weight excluding hydrogens is 276 g/mol. The highest BCUT2D eigenvalue weighted by atomic mass is 32.2. The van der Waals surface area contributed by atoms with Gasteiger partial charge in [-0.05, 0) is 18.2 Å². The summed E-state index contributed by atoms with van der Waals surface area (Å²) in [5, 5.41) is 0.659. The summed E-state index contributed by atoms with van der Waals surface area (Å²) in [6, 6.07) is 7.64. The lowest BCUT2D eigenvalue weighted by molar-refractivity contribution is -0.133. The Hall–Kier alpha value is -2.34. The van der Waals surface area contributed by atoms with Gasteiger partial charge in [-0.1, -0.05) is 23.9 Å². The molecule has 1 N–H and O–H groups in total. The fraction of sp³-hybridized carbons (Fsp3) is 0.0714. The number of Topliss-reactive ketones (excluding diaryl/α,β-unsaturated/α-hetero) is 1. The van der Waals surface area contributed by atoms with E-state index in [0.717, 1.165) is 11.0 Å². The highest BCUT2D eigenvalue weighted by Crippen LogP contribution is 2.30. The van der Waals surface area contributed by atoms with Crippen molar-refractivity contribution < 1.29 is 14.3 Å². The molecule has 0 unspecified atom stereocenters. The molecule has 3 rings (SSSR count). The zero-order valence-electron chi connectivity index (χ0n) is 10.5. The van der Waals surface area contributed by atoms with Crippen LogP contribution in [0.5, 0.6) is 0 Å². The number of fused-ring (bicyclic) bond motifs is 1. The number of aromatic amines is 1. The van der Waals surface area contributed by atoms with Gasteiger partial charge in [0.15, 0.2) is 10.9 Å². The number of para-hydroxylation sites is 2. The SMILES string of the molecule is COC1=CC(Sc2nc3ccccc3[nH]2)=CC(=O)C1=O. The van der Waals surface area contributed by atoms with Crippen molar-refractivity contribution >= 4 is 34.4 Å². The average Bonchev–Trinajstić information content (AvgIpc) is 2.84. The van der Waals surface area contributed by atoms with Crippen LogP contribution in [0.4, 0.5) is 0 Å². The van der Waals surface area contributed by atoms with Crippen molar-refractivity contribution in [1.29, 1.82) is 0 Å². The Morgan fingerprint density at radius 3 is 2.75 bits per heavy atom. The molecule has 0 saturated heterocycles. The predicted molar refractivity (Wildman–Crippen MR) is 75.1 cm³/mol. The molecule has 1 heterocycles. The van der Waals surface area contributed by atoms with Crippen molar-refractivity contribution in [3.63, 3.8) is 0 Å². The van der Waals surface area contributed by atoms with Crippen molar-refractivity contribution in [3.8, 4) is 0 Å². The van der Waals surface area contributed by atoms with Gasteiger partial charge in [-0.15, -0.1) is 0 Å². The molecule has 0 fully saturated rings. The summed E-state index contributed by atoms with van der Waals surface area (Å²) in [6.45, 7) is 0. The first kappa shape index (κ1) is 12.7. The number of methoxy groups -OCH3 is 1. The van der Waals surface area contributed by atoms with E-state index in [1.165, 1.54) is 24.9 Å². The normalized spacial score (nSPS) is 15.2. The molecule has 1 aromatic carbocycles. The van der Waals surface area contributed by atoms with Crippen LogP contribution in [0.2, 0.25) is 0 Å². The van der Waals surface area contributed by atoms with Crippen LogP contribution in [0, 0.1) is 0 Å². The highest BCUT2D eigenvalue weighted by molar-refractivity contribution is 8.03. The van der Waals surface area contributed by atoms with E-state index in [4.69, 9.17) is 4.74 Å². The predicted octanol–water partition coefficient (Wildman–Crippen LogP) is 2.22. The van der Waals surface area contributed by atoms with E-state index in [0.29, 0.717) is 10.1 Å². The molecule has 1 aliphatic rings. The van der Waals surface area contributed by atoms with Gasteiger partial charge in [0.25, 0.3) is 5.78 Å². The Kier molecular flexibility index (Phi) is 3.15. The Labute approximate surface area is 118 Å². The minimum atomic E-state index is -0.624. The second kappa shape index (κ2) is 4.97. The number of benzene rings is 1. The first-order valence-corrected chi connectivity index (χ1v) is 6.67. The number of nitrogens with zero attached hydrogens (tertiary/aromatic N) is 1. The van der Waals surface area contributed by atoms with Gasteiger partial charge in [0.2, 0.25) is 5.78 Å². The Bertz CT molecular complexity index is 741. The largest absolute Gasteiger partial charge is 0.492 e. The molecule has 5 nitrogen and oxygen atoms in total. The van der Waals surface area contributed by atoms with Crippen LogP contribution in [0.3, 0.4) is 0 Å². The fourth-order valence-corrected chi connectivity index (χ4v) is 2.71. The van der Waals surface area contributed by atoms with Crippen LogP contribution < -0.4 is 0 Å². The maximum absolute atomic E-state index is 11.5. The average molecular weight is 286 g/mol. The molecule has 2 aromatic rings. The second-order valence-electron chi connectivity index (χ2n) is 4.11. The molecule has 0 bridgehead atoms. The van der Waals surface area contributed by atoms with Crippen LogP contribution in [-0.4, -0.2) is 28.6 Å². The number of ether oxygens (including phenoxy) is 1. The molecule has 0 saturated carbocycles. The number of allylic oxidation sites excluding steroid dienone is 3. The number of carbonyl (C=O) groups is 2. The van der Waals surface area contributed by atoms with Gasteiger partial charge in [-0.3, -0.25) is 9.59 Å². The molecule has 1 aromatic heterocycles. The Morgan fingerprint density at radius 1 is 1.20 bits per heavy atom. The summed E-state index contributed by atoms with van der Waals surface area (Å²) in [5.41, 5.74) is 1.77. The summed E-state index contributed by atoms with van der Waals surface area (Å²) in [4.78, 5) is 31.2. The van der Waals surface area contributed by atoms with E-state index in [2.05, 4.69) is 9.97 Å². The van der Waals surface area contributed by atoms with Gasteiger partial charge in [0.1, 0.15) is 0 Å². The Morgan fingerprint density at radius 2 is 2.00 bits per heavy atom. The maximum Gasteiger partial charge on any atom is 0.267 e. The van der Waals surface area contributed by atoms with Crippen LogP contribution in [0.1, 0.15) is 0 Å². The quantitative estimate of drug-likeness (QED) is 0.692. The number of thioether (sulfide) groups is 1. The van der Waals surface area contributed by atoms with Crippen molar-refractivity contribution in [2.75, 3.05) is 7.11 Å². The highest BCUT2D eigenvalue weighted by Gasteiger charge is 2.24. The first-order chi connectivity index (χ1) is 9.67. The first-order valence-electron chi connectivity index (χ1n) is 5.86. The van der Waals surface area contributed by atoms with Gasteiger partial charge in [0.05, 0.1) is 18.1 Å². The van der Waals surface area contributed by atoms with E-state index in [1.54, 1.807) is 6.08 Å². The van der Waals surface area contributed by atoms with Crippen LogP contribution in [0.15, 0.2) is 52.2 Å². The molecule has 20 heavy (non-hydrogen) atoms. The zero-order valence-corrected chi connectivity index (χ0v) is 11.4. The lowest BCUT2D eigenvalue weighted by Crippen LogP contribution is -2.18. The lowest BCUT2D eigenvalue weighted by Gasteiger charge is -2.09. The third kappa shape index (κ3) is 2.25. The topological polar surface area (TPSA) is 72.0 Å². The number of nitrogens with one attached hydrogen (secondary N) is 1. The van der Waals surface area contributed by atoms with Gasteiger partial charge in [-0.25, -0.2) is 4.98 Å². The van der Waals surface area contributed by atoms with E-state index < -0.39 is 11.6 Å². The summed E-state index contributed by atoms with van der Waals surface area (Å²) < 4.78 is 4.91. The van der Waals surface area contributed by atoms with Crippen LogP contribution >= 0.6 is 11.8 Å². The molecule has 0 amide bonds. The summed E-state index contributed by atoms with van der Waals surface area (Å²) in [5.74, 6) is -1.15. The molecule has 0 radical (unpaired) electrons. The van der Waals surface area contributed by atoms with Crippen LogP contribution in [-0.2, 0) is 14.3 Å². The number of ketones is 2. The number of rotatable bonds is 3. The van der Waals surface area contributed by atoms with E-state index in [1.807, 2.05) is 24.3 Å². The third-order valence-electron chi connectivity index (χ3n) is 2.80. The van der Waals surface area contributed by atoms with Crippen LogP contribution in [0.25, 0.3) is 11.0 Å². The number of aromatic nitrogens is 2. The minimum Gasteiger partial charge on any atom is -0.492 e. The van der Waals surface area contributed by atoms with Crippen molar-refractivity contribution in [1.82, 2.24) is 9.97 Å². The maximum atomic E-state index is 11.5. The van der Waals surface area contributed by atoms with E-state index in [-0.39, 0.29) is 5.76 Å². The minimum absolute atomic E-state index is 0.0520. The van der Waals surface area contributed by atoms with E-state index in [9.17, 15) is 9.59 Å². The molecule has 100 valence electrons. The third-order valence-corrected chi connectivity index (χ3v) is 3.65. The molecule has 6 heteroatoms. The number of carbonyl (C=O) groups excluding carboxylic acids is 2. The number of hydrogen-bond donors (Lipinski definition) is 1. The van der Waals surface area contributed by atoms with Gasteiger partial charge < -0.3 is 9.72 Å². The Balaban J connectivity index is 1.91. The summed E-state index contributed by atoms with van der Waals surface area (Å²) in [7, 11) is 1.37. The molecule has 0 spiro atoms. The number of imidazole rings is 1. The second-order valence-corrected chi connectivity index (χ2v) is 5.18. The number of H-pyrrole nitrogens is 1. The van der Waals surface area contributed by atoms with Gasteiger partial charge in [-0.2, -0.15) is 0 Å². The van der Waals surface area contributed by atoms with Crippen molar-refractivity contribution in [2.24, 2.45) is 0 Å². The molecular formula is C14H10N2O3S.